The van der Waals surface area contributed by atoms with Gasteiger partial charge in [-0.05, 0) is 43.5 Å². The molecule has 0 bridgehead atoms. The lowest BCUT2D eigenvalue weighted by Gasteiger charge is -2.35. The van der Waals surface area contributed by atoms with Gasteiger partial charge in [0.15, 0.2) is 0 Å². The molecule has 0 aromatic heterocycles. The van der Waals surface area contributed by atoms with E-state index in [4.69, 9.17) is 5.73 Å². The quantitative estimate of drug-likeness (QED) is 0.820. The SMILES string of the molecule is CC1CCCC(N(C)CC(O)c2cccc(N)c2)C1. The van der Waals surface area contributed by atoms with Crippen molar-refractivity contribution in [2.45, 2.75) is 44.8 Å². The van der Waals surface area contributed by atoms with Gasteiger partial charge >= 0.3 is 0 Å². The van der Waals surface area contributed by atoms with Crippen LogP contribution in [0.15, 0.2) is 24.3 Å². The summed E-state index contributed by atoms with van der Waals surface area (Å²) in [7, 11) is 2.12. The van der Waals surface area contributed by atoms with Crippen LogP contribution in [0.5, 0.6) is 0 Å². The van der Waals surface area contributed by atoms with E-state index in [1.165, 1.54) is 25.7 Å². The van der Waals surface area contributed by atoms with Gasteiger partial charge < -0.3 is 15.7 Å². The van der Waals surface area contributed by atoms with E-state index in [1.54, 1.807) is 0 Å². The Hall–Kier alpha value is -1.06. The molecule has 0 spiro atoms. The zero-order chi connectivity index (χ0) is 13.8. The molecule has 3 N–H and O–H groups in total. The number of aliphatic hydroxyl groups excluding tert-OH is 1. The molecule has 2 rings (SSSR count). The zero-order valence-electron chi connectivity index (χ0n) is 12.0. The van der Waals surface area contributed by atoms with Gasteiger partial charge in [0.1, 0.15) is 0 Å². The fraction of sp³-hybridized carbons (Fsp3) is 0.625. The average Bonchev–Trinajstić information content (AvgIpc) is 2.38. The molecule has 0 radical (unpaired) electrons. The molecule has 1 aromatic rings. The van der Waals surface area contributed by atoms with Gasteiger partial charge in [-0.3, -0.25) is 0 Å². The van der Waals surface area contributed by atoms with Gasteiger partial charge in [0.25, 0.3) is 0 Å². The van der Waals surface area contributed by atoms with E-state index in [2.05, 4.69) is 18.9 Å². The first-order valence-corrected chi connectivity index (χ1v) is 7.30. The van der Waals surface area contributed by atoms with Crippen LogP contribution in [0.4, 0.5) is 5.69 Å². The van der Waals surface area contributed by atoms with Crippen LogP contribution in [-0.2, 0) is 0 Å². The Morgan fingerprint density at radius 3 is 2.89 bits per heavy atom. The van der Waals surface area contributed by atoms with E-state index in [-0.39, 0.29) is 0 Å². The molecular formula is C16H26N2O. The third-order valence-corrected chi connectivity index (χ3v) is 4.29. The lowest BCUT2D eigenvalue weighted by Crippen LogP contribution is -2.38. The van der Waals surface area contributed by atoms with E-state index in [0.717, 1.165) is 11.5 Å². The highest BCUT2D eigenvalue weighted by Gasteiger charge is 2.24. The number of benzene rings is 1. The summed E-state index contributed by atoms with van der Waals surface area (Å²) < 4.78 is 0. The summed E-state index contributed by atoms with van der Waals surface area (Å²) in [6.07, 6.45) is 4.71. The fourth-order valence-corrected chi connectivity index (χ4v) is 3.10. The topological polar surface area (TPSA) is 49.5 Å². The normalized spacial score (nSPS) is 25.5. The molecular weight excluding hydrogens is 236 g/mol. The molecule has 0 saturated heterocycles. The van der Waals surface area contributed by atoms with Crippen LogP contribution in [0, 0.1) is 5.92 Å². The third kappa shape index (κ3) is 3.95. The predicted octanol–water partition coefficient (Wildman–Crippen LogP) is 2.81. The molecule has 1 aliphatic carbocycles. The Morgan fingerprint density at radius 2 is 2.21 bits per heavy atom. The van der Waals surface area contributed by atoms with E-state index in [0.29, 0.717) is 18.3 Å². The van der Waals surface area contributed by atoms with Crippen molar-refractivity contribution in [2.75, 3.05) is 19.3 Å². The molecule has 0 heterocycles. The van der Waals surface area contributed by atoms with Gasteiger partial charge in [-0.15, -0.1) is 0 Å². The summed E-state index contributed by atoms with van der Waals surface area (Å²) >= 11 is 0. The fourth-order valence-electron chi connectivity index (χ4n) is 3.10. The highest BCUT2D eigenvalue weighted by atomic mass is 16.3. The van der Waals surface area contributed by atoms with E-state index < -0.39 is 6.10 Å². The summed E-state index contributed by atoms with van der Waals surface area (Å²) in [5.41, 5.74) is 7.39. The number of nitrogens with zero attached hydrogens (tertiary/aromatic N) is 1. The largest absolute Gasteiger partial charge is 0.399 e. The standard InChI is InChI=1S/C16H26N2O/c1-12-5-3-8-15(9-12)18(2)11-16(19)13-6-4-7-14(17)10-13/h4,6-7,10,12,15-16,19H,3,5,8-9,11,17H2,1-2H3. The first kappa shape index (κ1) is 14.4. The summed E-state index contributed by atoms with van der Waals surface area (Å²) in [5, 5.41) is 10.3. The monoisotopic (exact) mass is 262 g/mol. The lowest BCUT2D eigenvalue weighted by molar-refractivity contribution is 0.0831. The number of nitrogens with two attached hydrogens (primary N) is 1. The van der Waals surface area contributed by atoms with Gasteiger partial charge in [0.05, 0.1) is 6.10 Å². The van der Waals surface area contributed by atoms with Crippen LogP contribution >= 0.6 is 0 Å². The maximum absolute atomic E-state index is 10.3. The zero-order valence-corrected chi connectivity index (χ0v) is 12.0. The number of anilines is 1. The van der Waals surface area contributed by atoms with Crippen molar-refractivity contribution >= 4 is 5.69 Å². The molecule has 0 amide bonds. The predicted molar refractivity (Wildman–Crippen MR) is 79.9 cm³/mol. The molecule has 1 fully saturated rings. The van der Waals surface area contributed by atoms with Crippen molar-refractivity contribution < 1.29 is 5.11 Å². The molecule has 1 aromatic carbocycles. The van der Waals surface area contributed by atoms with Crippen LogP contribution in [0.3, 0.4) is 0 Å². The highest BCUT2D eigenvalue weighted by Crippen LogP contribution is 2.28. The summed E-state index contributed by atoms with van der Waals surface area (Å²) in [4.78, 5) is 2.31. The van der Waals surface area contributed by atoms with Gasteiger partial charge in [-0.1, -0.05) is 31.9 Å². The Morgan fingerprint density at radius 1 is 1.42 bits per heavy atom. The number of hydrogen-bond donors (Lipinski definition) is 2. The van der Waals surface area contributed by atoms with E-state index >= 15 is 0 Å². The Kier molecular flexibility index (Phi) is 4.83. The average molecular weight is 262 g/mol. The van der Waals surface area contributed by atoms with Crippen molar-refractivity contribution in [1.82, 2.24) is 4.90 Å². The van der Waals surface area contributed by atoms with Crippen LogP contribution in [0.2, 0.25) is 0 Å². The lowest BCUT2D eigenvalue weighted by atomic mass is 9.86. The van der Waals surface area contributed by atoms with Gasteiger partial charge in [0.2, 0.25) is 0 Å². The Labute approximate surface area is 116 Å². The smallest absolute Gasteiger partial charge is 0.0917 e. The van der Waals surface area contributed by atoms with Crippen LogP contribution in [-0.4, -0.2) is 29.6 Å². The molecule has 3 heteroatoms. The molecule has 3 atom stereocenters. The number of rotatable bonds is 4. The molecule has 1 saturated carbocycles. The minimum Gasteiger partial charge on any atom is -0.399 e. The van der Waals surface area contributed by atoms with Gasteiger partial charge in [0, 0.05) is 18.3 Å². The second kappa shape index (κ2) is 6.40. The van der Waals surface area contributed by atoms with Crippen LogP contribution < -0.4 is 5.73 Å². The maximum atomic E-state index is 10.3. The Bertz CT molecular complexity index is 407. The number of aliphatic hydroxyl groups is 1. The van der Waals surface area contributed by atoms with Gasteiger partial charge in [-0.2, -0.15) is 0 Å². The van der Waals surface area contributed by atoms with Crippen molar-refractivity contribution in [1.29, 1.82) is 0 Å². The first-order valence-electron chi connectivity index (χ1n) is 7.30. The second-order valence-electron chi connectivity index (χ2n) is 6.05. The van der Waals surface area contributed by atoms with Crippen LogP contribution in [0.25, 0.3) is 0 Å². The number of hydrogen-bond acceptors (Lipinski definition) is 3. The molecule has 1 aliphatic rings. The first-order chi connectivity index (χ1) is 9.06. The number of nitrogen functional groups attached to an aromatic ring is 1. The van der Waals surface area contributed by atoms with Crippen molar-refractivity contribution in [3.8, 4) is 0 Å². The van der Waals surface area contributed by atoms with E-state index in [9.17, 15) is 5.11 Å². The third-order valence-electron chi connectivity index (χ3n) is 4.29. The number of likely N-dealkylation sites (N-methyl/N-ethyl adjacent to an activating group) is 1. The molecule has 106 valence electrons. The van der Waals surface area contributed by atoms with Gasteiger partial charge in [-0.25, -0.2) is 0 Å². The summed E-state index contributed by atoms with van der Waals surface area (Å²) in [5.74, 6) is 0.811. The molecule has 3 nitrogen and oxygen atoms in total. The molecule has 0 aliphatic heterocycles. The van der Waals surface area contributed by atoms with Crippen molar-refractivity contribution in [2.24, 2.45) is 5.92 Å². The molecule has 19 heavy (non-hydrogen) atoms. The maximum Gasteiger partial charge on any atom is 0.0917 e. The minimum atomic E-state index is -0.453. The van der Waals surface area contributed by atoms with Crippen molar-refractivity contribution in [3.05, 3.63) is 29.8 Å². The second-order valence-corrected chi connectivity index (χ2v) is 6.05. The summed E-state index contributed by atoms with van der Waals surface area (Å²) in [6, 6.07) is 8.17. The van der Waals surface area contributed by atoms with E-state index in [1.807, 2.05) is 24.3 Å². The van der Waals surface area contributed by atoms with Crippen molar-refractivity contribution in [3.63, 3.8) is 0 Å². The Balaban J connectivity index is 1.92. The van der Waals surface area contributed by atoms with Crippen LogP contribution in [0.1, 0.15) is 44.3 Å². The minimum absolute atomic E-state index is 0.453. The summed E-state index contributed by atoms with van der Waals surface area (Å²) in [6.45, 7) is 3.01. The highest BCUT2D eigenvalue weighted by molar-refractivity contribution is 5.41. The molecule has 3 unspecified atom stereocenters.